The number of aromatic nitrogens is 2. The van der Waals surface area contributed by atoms with E-state index < -0.39 is 0 Å². The first kappa shape index (κ1) is 19.6. The van der Waals surface area contributed by atoms with Gasteiger partial charge in [-0.3, -0.25) is 9.67 Å². The van der Waals surface area contributed by atoms with Crippen LogP contribution in [0.1, 0.15) is 45.7 Å². The van der Waals surface area contributed by atoms with Crippen LogP contribution in [0.3, 0.4) is 0 Å². The van der Waals surface area contributed by atoms with Gasteiger partial charge in [0, 0.05) is 25.0 Å². The van der Waals surface area contributed by atoms with Gasteiger partial charge in [0.1, 0.15) is 0 Å². The minimum Gasteiger partial charge on any atom is -0.399 e. The van der Waals surface area contributed by atoms with Crippen LogP contribution in [0.5, 0.6) is 0 Å². The van der Waals surface area contributed by atoms with Crippen molar-refractivity contribution in [2.24, 2.45) is 12.0 Å². The van der Waals surface area contributed by atoms with E-state index >= 15 is 0 Å². The number of hydrogen-bond acceptors (Lipinski definition) is 4. The highest BCUT2D eigenvalue weighted by Gasteiger charge is 2.51. The van der Waals surface area contributed by atoms with Gasteiger partial charge < -0.3 is 9.31 Å². The van der Waals surface area contributed by atoms with Gasteiger partial charge in [0.15, 0.2) is 0 Å². The molecule has 0 radical (unpaired) electrons. The van der Waals surface area contributed by atoms with Crippen molar-refractivity contribution in [3.05, 3.63) is 47.8 Å². The summed E-state index contributed by atoms with van der Waals surface area (Å²) in [5, 5.41) is 4.22. The Kier molecular flexibility index (Phi) is 5.15. The number of benzene rings is 1. The molecule has 0 aliphatic carbocycles. The first-order valence-corrected chi connectivity index (χ1v) is 9.28. The highest BCUT2D eigenvalue weighted by Crippen LogP contribution is 2.36. The van der Waals surface area contributed by atoms with Crippen molar-refractivity contribution in [2.45, 2.75) is 52.7 Å². The first-order valence-electron chi connectivity index (χ1n) is 9.28. The second-order valence-corrected chi connectivity index (χ2v) is 8.04. The zero-order valence-electron chi connectivity index (χ0n) is 17.3. The molecule has 0 spiro atoms. The zero-order chi connectivity index (χ0) is 19.8. The third kappa shape index (κ3) is 3.92. The predicted octanol–water partition coefficient (Wildman–Crippen LogP) is 3.83. The quantitative estimate of drug-likeness (QED) is 0.611. The van der Waals surface area contributed by atoms with E-state index in [2.05, 4.69) is 50.8 Å². The fourth-order valence-electron chi connectivity index (χ4n) is 2.97. The van der Waals surface area contributed by atoms with Crippen molar-refractivity contribution in [3.8, 4) is 0 Å². The molecule has 27 heavy (non-hydrogen) atoms. The van der Waals surface area contributed by atoms with E-state index in [9.17, 15) is 0 Å². The molecule has 1 saturated heterocycles. The van der Waals surface area contributed by atoms with E-state index in [4.69, 9.17) is 9.31 Å². The standard InChI is InChI=1S/C21H28BN3O2/c1-8-16(17-13-24-25(7)14-17)12-23-19-10-9-18(11-15(19)2)22-26-20(3,4)21(5,6)27-22/h8-14H,1-7H3/b16-8?,23-12-. The lowest BCUT2D eigenvalue weighted by Gasteiger charge is -2.32. The van der Waals surface area contributed by atoms with Gasteiger partial charge >= 0.3 is 7.12 Å². The van der Waals surface area contributed by atoms with Gasteiger partial charge in [-0.25, -0.2) is 0 Å². The van der Waals surface area contributed by atoms with Crippen LogP contribution in [0.4, 0.5) is 5.69 Å². The monoisotopic (exact) mass is 365 g/mol. The van der Waals surface area contributed by atoms with Gasteiger partial charge in [-0.1, -0.05) is 18.2 Å². The molecule has 0 saturated carbocycles. The van der Waals surface area contributed by atoms with E-state index in [-0.39, 0.29) is 18.3 Å². The molecule has 1 aromatic carbocycles. The maximum atomic E-state index is 6.14. The summed E-state index contributed by atoms with van der Waals surface area (Å²) in [4.78, 5) is 4.68. The number of aryl methyl sites for hydroxylation is 2. The average molecular weight is 365 g/mol. The fourth-order valence-corrected chi connectivity index (χ4v) is 2.97. The van der Waals surface area contributed by atoms with E-state index in [1.54, 1.807) is 4.68 Å². The summed E-state index contributed by atoms with van der Waals surface area (Å²) in [5.74, 6) is 0. The topological polar surface area (TPSA) is 48.6 Å². The van der Waals surface area contributed by atoms with Crippen molar-refractivity contribution in [2.75, 3.05) is 0 Å². The molecule has 2 aromatic rings. The number of nitrogens with zero attached hydrogens (tertiary/aromatic N) is 3. The van der Waals surface area contributed by atoms with E-state index in [1.807, 2.05) is 50.8 Å². The Bertz CT molecular complexity index is 881. The van der Waals surface area contributed by atoms with Gasteiger partial charge in [-0.05, 0) is 64.2 Å². The Morgan fingerprint density at radius 3 is 2.37 bits per heavy atom. The van der Waals surface area contributed by atoms with Crippen LogP contribution in [0.25, 0.3) is 5.57 Å². The fraction of sp³-hybridized carbons (Fsp3) is 0.429. The predicted molar refractivity (Wildman–Crippen MR) is 112 cm³/mol. The molecule has 0 N–H and O–H groups in total. The smallest absolute Gasteiger partial charge is 0.399 e. The molecule has 142 valence electrons. The van der Waals surface area contributed by atoms with E-state index in [0.717, 1.165) is 27.9 Å². The molecule has 0 bridgehead atoms. The lowest BCUT2D eigenvalue weighted by molar-refractivity contribution is 0.00578. The number of allylic oxidation sites excluding steroid dienone is 2. The first-order chi connectivity index (χ1) is 12.6. The summed E-state index contributed by atoms with van der Waals surface area (Å²) in [7, 11) is 1.56. The number of rotatable bonds is 4. The molecule has 1 aliphatic heterocycles. The maximum Gasteiger partial charge on any atom is 0.494 e. The van der Waals surface area contributed by atoms with Crippen LogP contribution >= 0.6 is 0 Å². The van der Waals surface area contributed by atoms with E-state index in [1.165, 1.54) is 0 Å². The minimum atomic E-state index is -0.353. The molecule has 1 aliphatic rings. The largest absolute Gasteiger partial charge is 0.494 e. The Morgan fingerprint density at radius 2 is 1.85 bits per heavy atom. The Morgan fingerprint density at radius 1 is 1.19 bits per heavy atom. The second kappa shape index (κ2) is 7.10. The average Bonchev–Trinajstić information content (AvgIpc) is 3.10. The highest BCUT2D eigenvalue weighted by atomic mass is 16.7. The molecule has 0 atom stereocenters. The molecule has 1 fully saturated rings. The Labute approximate surface area is 162 Å². The van der Waals surface area contributed by atoms with Crippen molar-refractivity contribution >= 4 is 30.1 Å². The third-order valence-corrected chi connectivity index (χ3v) is 5.44. The lowest BCUT2D eigenvalue weighted by Crippen LogP contribution is -2.41. The van der Waals surface area contributed by atoms with Gasteiger partial charge in [-0.15, -0.1) is 0 Å². The summed E-state index contributed by atoms with van der Waals surface area (Å²) < 4.78 is 14.1. The van der Waals surface area contributed by atoms with Gasteiger partial charge in [0.25, 0.3) is 0 Å². The van der Waals surface area contributed by atoms with Crippen LogP contribution < -0.4 is 5.46 Å². The SMILES string of the molecule is CC=C(/C=N\c1ccc(B2OC(C)(C)C(C)(C)O2)cc1C)c1cnn(C)c1. The van der Waals surface area contributed by atoms with Crippen LogP contribution in [0.15, 0.2) is 41.7 Å². The molecule has 2 heterocycles. The molecular weight excluding hydrogens is 337 g/mol. The summed E-state index contributed by atoms with van der Waals surface area (Å²) in [6, 6.07) is 6.14. The molecule has 3 rings (SSSR count). The van der Waals surface area contributed by atoms with Crippen molar-refractivity contribution < 1.29 is 9.31 Å². The second-order valence-electron chi connectivity index (χ2n) is 8.04. The summed E-state index contributed by atoms with van der Waals surface area (Å²) >= 11 is 0. The lowest BCUT2D eigenvalue weighted by atomic mass is 9.78. The van der Waals surface area contributed by atoms with Gasteiger partial charge in [-0.2, -0.15) is 5.10 Å². The molecule has 0 amide bonds. The van der Waals surface area contributed by atoms with Crippen molar-refractivity contribution in [1.82, 2.24) is 9.78 Å². The van der Waals surface area contributed by atoms with Crippen molar-refractivity contribution in [3.63, 3.8) is 0 Å². The van der Waals surface area contributed by atoms with Crippen LogP contribution in [0, 0.1) is 6.92 Å². The van der Waals surface area contributed by atoms with Gasteiger partial charge in [0.2, 0.25) is 0 Å². The van der Waals surface area contributed by atoms with E-state index in [0.29, 0.717) is 0 Å². The summed E-state index contributed by atoms with van der Waals surface area (Å²) in [5.41, 5.74) is 4.44. The zero-order valence-corrected chi connectivity index (χ0v) is 17.3. The van der Waals surface area contributed by atoms with Crippen molar-refractivity contribution in [1.29, 1.82) is 0 Å². The van der Waals surface area contributed by atoms with Crippen LogP contribution in [0.2, 0.25) is 0 Å². The molecule has 1 aromatic heterocycles. The Balaban J connectivity index is 1.80. The minimum absolute atomic E-state index is 0.340. The van der Waals surface area contributed by atoms with Crippen LogP contribution in [-0.2, 0) is 16.4 Å². The summed E-state index contributed by atoms with van der Waals surface area (Å²) in [6.07, 6.45) is 7.74. The summed E-state index contributed by atoms with van der Waals surface area (Å²) in [6.45, 7) is 12.3. The molecule has 0 unspecified atom stereocenters. The highest BCUT2D eigenvalue weighted by molar-refractivity contribution is 6.62. The maximum absolute atomic E-state index is 6.14. The van der Waals surface area contributed by atoms with Gasteiger partial charge in [0.05, 0.1) is 23.1 Å². The molecule has 6 heteroatoms. The third-order valence-electron chi connectivity index (χ3n) is 5.44. The Hall–Kier alpha value is -2.18. The molecule has 5 nitrogen and oxygen atoms in total. The normalized spacial score (nSPS) is 19.2. The number of aliphatic imine (C=N–C) groups is 1. The molecular formula is C21H28BN3O2. The number of hydrogen-bond donors (Lipinski definition) is 0. The van der Waals surface area contributed by atoms with Crippen LogP contribution in [-0.4, -0.2) is 34.3 Å².